The van der Waals surface area contributed by atoms with Crippen molar-refractivity contribution in [2.24, 2.45) is 0 Å². The van der Waals surface area contributed by atoms with Crippen molar-refractivity contribution in [2.75, 3.05) is 11.4 Å². The Bertz CT molecular complexity index is 682. The van der Waals surface area contributed by atoms with Gasteiger partial charge in [-0.25, -0.2) is 4.39 Å². The highest BCUT2D eigenvalue weighted by Gasteiger charge is 2.21. The molecule has 0 spiro atoms. The van der Waals surface area contributed by atoms with Gasteiger partial charge in [-0.3, -0.25) is 4.79 Å². The molecule has 0 aliphatic carbocycles. The summed E-state index contributed by atoms with van der Waals surface area (Å²) in [5.41, 5.74) is 1.91. The summed E-state index contributed by atoms with van der Waals surface area (Å²) in [4.78, 5) is 14.1. The van der Waals surface area contributed by atoms with Gasteiger partial charge in [-0.2, -0.15) is 0 Å². The highest BCUT2D eigenvalue weighted by molar-refractivity contribution is 6.06. The largest absolute Gasteiger partial charge is 0.508 e. The van der Waals surface area contributed by atoms with E-state index in [1.807, 2.05) is 13.8 Å². The van der Waals surface area contributed by atoms with E-state index in [4.69, 9.17) is 0 Å². The van der Waals surface area contributed by atoms with Crippen LogP contribution in [0.3, 0.4) is 0 Å². The van der Waals surface area contributed by atoms with E-state index in [1.165, 1.54) is 17.0 Å². The average Bonchev–Trinajstić information content (AvgIpc) is 2.46. The zero-order valence-corrected chi connectivity index (χ0v) is 12.4. The number of hydrogen-bond acceptors (Lipinski definition) is 2. The molecule has 1 amide bonds. The van der Waals surface area contributed by atoms with Crippen molar-refractivity contribution >= 4 is 11.6 Å². The molecule has 2 rings (SSSR count). The van der Waals surface area contributed by atoms with Crippen LogP contribution < -0.4 is 4.90 Å². The number of anilines is 1. The third kappa shape index (κ3) is 2.89. The number of hydrogen-bond donors (Lipinski definition) is 1. The van der Waals surface area contributed by atoms with Crippen molar-refractivity contribution in [3.05, 3.63) is 58.9 Å². The lowest BCUT2D eigenvalue weighted by Crippen LogP contribution is -2.32. The minimum Gasteiger partial charge on any atom is -0.508 e. The first-order valence-corrected chi connectivity index (χ1v) is 6.82. The highest BCUT2D eigenvalue weighted by atomic mass is 19.1. The lowest BCUT2D eigenvalue weighted by molar-refractivity contribution is 0.0984. The van der Waals surface area contributed by atoms with E-state index < -0.39 is 11.7 Å². The lowest BCUT2D eigenvalue weighted by Gasteiger charge is -2.23. The van der Waals surface area contributed by atoms with Gasteiger partial charge >= 0.3 is 0 Å². The van der Waals surface area contributed by atoms with Crippen molar-refractivity contribution in [1.82, 2.24) is 0 Å². The zero-order valence-electron chi connectivity index (χ0n) is 12.4. The topological polar surface area (TPSA) is 40.5 Å². The Morgan fingerprint density at radius 3 is 2.57 bits per heavy atom. The summed E-state index contributed by atoms with van der Waals surface area (Å²) in [7, 11) is 0. The van der Waals surface area contributed by atoms with Gasteiger partial charge in [0.25, 0.3) is 5.91 Å². The normalized spacial score (nSPS) is 10.5. The fourth-order valence-electron chi connectivity index (χ4n) is 2.27. The van der Waals surface area contributed by atoms with E-state index in [2.05, 4.69) is 0 Å². The Morgan fingerprint density at radius 2 is 1.90 bits per heavy atom. The van der Waals surface area contributed by atoms with Gasteiger partial charge in [0.2, 0.25) is 0 Å². The Hall–Kier alpha value is -2.36. The molecule has 0 radical (unpaired) electrons. The minimum absolute atomic E-state index is 0.0413. The maximum atomic E-state index is 14.1. The number of carbonyl (C=O) groups is 1. The van der Waals surface area contributed by atoms with Crippen LogP contribution in [0.25, 0.3) is 0 Å². The quantitative estimate of drug-likeness (QED) is 0.932. The number of phenols is 1. The summed E-state index contributed by atoms with van der Waals surface area (Å²) in [5.74, 6) is -0.835. The molecule has 110 valence electrons. The maximum absolute atomic E-state index is 14.1. The molecule has 1 N–H and O–H groups in total. The number of rotatable bonds is 3. The van der Waals surface area contributed by atoms with Gasteiger partial charge in [0, 0.05) is 12.6 Å². The van der Waals surface area contributed by atoms with E-state index >= 15 is 0 Å². The molecule has 0 saturated heterocycles. The second-order valence-electron chi connectivity index (χ2n) is 4.96. The maximum Gasteiger partial charge on any atom is 0.261 e. The third-order valence-corrected chi connectivity index (χ3v) is 3.47. The van der Waals surface area contributed by atoms with Crippen LogP contribution in [-0.4, -0.2) is 17.6 Å². The first-order valence-electron chi connectivity index (χ1n) is 6.82. The van der Waals surface area contributed by atoms with Crippen molar-refractivity contribution in [3.8, 4) is 5.75 Å². The smallest absolute Gasteiger partial charge is 0.261 e. The fourth-order valence-corrected chi connectivity index (χ4v) is 2.27. The first kappa shape index (κ1) is 15.0. The van der Waals surface area contributed by atoms with E-state index in [9.17, 15) is 14.3 Å². The Morgan fingerprint density at radius 1 is 1.19 bits per heavy atom. The van der Waals surface area contributed by atoms with Crippen molar-refractivity contribution in [2.45, 2.75) is 20.8 Å². The number of carbonyl (C=O) groups excluding carboxylic acids is 1. The predicted molar refractivity (Wildman–Crippen MR) is 81.3 cm³/mol. The lowest BCUT2D eigenvalue weighted by atomic mass is 10.1. The summed E-state index contributed by atoms with van der Waals surface area (Å²) in [5, 5.41) is 9.62. The predicted octanol–water partition coefficient (Wildman–Crippen LogP) is 3.81. The monoisotopic (exact) mass is 287 g/mol. The Kier molecular flexibility index (Phi) is 4.26. The van der Waals surface area contributed by atoms with Crippen LogP contribution in [0.4, 0.5) is 10.1 Å². The molecule has 0 saturated carbocycles. The molecule has 0 bridgehead atoms. The molecule has 0 unspecified atom stereocenters. The zero-order chi connectivity index (χ0) is 15.6. The Labute approximate surface area is 123 Å². The van der Waals surface area contributed by atoms with Gasteiger partial charge in [0.05, 0.1) is 11.3 Å². The molecular weight excluding hydrogens is 269 g/mol. The molecule has 0 aliphatic rings. The van der Waals surface area contributed by atoms with Crippen LogP contribution in [0.5, 0.6) is 5.75 Å². The van der Waals surface area contributed by atoms with Gasteiger partial charge in [-0.1, -0.05) is 18.2 Å². The van der Waals surface area contributed by atoms with Gasteiger partial charge in [-0.15, -0.1) is 0 Å². The van der Waals surface area contributed by atoms with E-state index in [0.29, 0.717) is 17.8 Å². The molecule has 0 heterocycles. The molecule has 0 fully saturated rings. The molecule has 4 heteroatoms. The summed E-state index contributed by atoms with van der Waals surface area (Å²) in [6.45, 7) is 5.67. The third-order valence-electron chi connectivity index (χ3n) is 3.47. The summed E-state index contributed by atoms with van der Waals surface area (Å²) in [6, 6.07) is 9.57. The van der Waals surface area contributed by atoms with Crippen LogP contribution >= 0.6 is 0 Å². The molecule has 21 heavy (non-hydrogen) atoms. The number of phenolic OH excluding ortho intramolecular Hbond substituents is 1. The number of nitrogens with zero attached hydrogens (tertiary/aromatic N) is 1. The van der Waals surface area contributed by atoms with Gasteiger partial charge < -0.3 is 10.0 Å². The van der Waals surface area contributed by atoms with Crippen molar-refractivity contribution in [1.29, 1.82) is 0 Å². The second-order valence-corrected chi connectivity index (χ2v) is 4.96. The van der Waals surface area contributed by atoms with E-state index in [-0.39, 0.29) is 11.3 Å². The minimum atomic E-state index is -0.501. The number of amides is 1. The van der Waals surface area contributed by atoms with Gasteiger partial charge in [-0.05, 0) is 44.0 Å². The number of aromatic hydroxyl groups is 1. The summed E-state index contributed by atoms with van der Waals surface area (Å²) in [6.07, 6.45) is 0. The average molecular weight is 287 g/mol. The van der Waals surface area contributed by atoms with Crippen LogP contribution in [0.15, 0.2) is 36.4 Å². The summed E-state index contributed by atoms with van der Waals surface area (Å²) >= 11 is 0. The van der Waals surface area contributed by atoms with E-state index in [0.717, 1.165) is 5.56 Å². The number of benzene rings is 2. The molecule has 0 atom stereocenters. The SMILES string of the molecule is CCN(C(=O)c1cccc(C)c1F)c1cc(O)ccc1C. The fraction of sp³-hybridized carbons (Fsp3) is 0.235. The summed E-state index contributed by atoms with van der Waals surface area (Å²) < 4.78 is 14.1. The van der Waals surface area contributed by atoms with Crippen LogP contribution in [0, 0.1) is 19.7 Å². The van der Waals surface area contributed by atoms with E-state index in [1.54, 1.807) is 31.2 Å². The van der Waals surface area contributed by atoms with Crippen molar-refractivity contribution in [3.63, 3.8) is 0 Å². The van der Waals surface area contributed by atoms with Crippen LogP contribution in [0.1, 0.15) is 28.4 Å². The molecule has 2 aromatic carbocycles. The van der Waals surface area contributed by atoms with Crippen LogP contribution in [-0.2, 0) is 0 Å². The molecule has 0 aromatic heterocycles. The number of halogens is 1. The highest BCUT2D eigenvalue weighted by Crippen LogP contribution is 2.27. The Balaban J connectivity index is 2.48. The standard InChI is InChI=1S/C17H18FNO2/c1-4-19(15-10-13(20)9-8-11(15)2)17(21)14-7-5-6-12(3)16(14)18/h5-10,20H,4H2,1-3H3. The number of aryl methyl sites for hydroxylation is 2. The molecule has 2 aromatic rings. The molecule has 3 nitrogen and oxygen atoms in total. The van der Waals surface area contributed by atoms with Gasteiger partial charge in [0.15, 0.2) is 0 Å². The van der Waals surface area contributed by atoms with Gasteiger partial charge in [0.1, 0.15) is 11.6 Å². The van der Waals surface area contributed by atoms with Crippen LogP contribution in [0.2, 0.25) is 0 Å². The van der Waals surface area contributed by atoms with Crippen molar-refractivity contribution < 1.29 is 14.3 Å². The molecular formula is C17H18FNO2. The molecule has 0 aliphatic heterocycles. The first-order chi connectivity index (χ1) is 9.95. The second kappa shape index (κ2) is 5.95.